The molecule has 1 N–H and O–H groups in total. The van der Waals surface area contributed by atoms with Gasteiger partial charge >= 0.3 is 0 Å². The van der Waals surface area contributed by atoms with Crippen LogP contribution in [0.15, 0.2) is 16.6 Å². The average molecular weight is 311 g/mol. The van der Waals surface area contributed by atoms with Gasteiger partial charge in [-0.25, -0.2) is 0 Å². The Morgan fingerprint density at radius 2 is 2.39 bits per heavy atom. The lowest BCUT2D eigenvalue weighted by Gasteiger charge is -2.18. The molecule has 0 bridgehead atoms. The fourth-order valence-electron chi connectivity index (χ4n) is 2.92. The number of nitrogens with zero attached hydrogens (tertiary/aromatic N) is 1. The summed E-state index contributed by atoms with van der Waals surface area (Å²) in [6.45, 7) is 4.14. The molecule has 1 fully saturated rings. The average Bonchev–Trinajstić information content (AvgIpc) is 2.97. The first-order chi connectivity index (χ1) is 8.76. The molecule has 98 valence electrons. The first-order valence-corrected chi connectivity index (χ1v) is 7.39. The van der Waals surface area contributed by atoms with Crippen LogP contribution < -0.4 is 10.1 Å². The van der Waals surface area contributed by atoms with Crippen LogP contribution in [-0.4, -0.2) is 37.7 Å². The highest BCUT2D eigenvalue weighted by Gasteiger charge is 2.24. The van der Waals surface area contributed by atoms with Gasteiger partial charge in [0.25, 0.3) is 0 Å². The predicted molar refractivity (Wildman–Crippen MR) is 76.1 cm³/mol. The van der Waals surface area contributed by atoms with Gasteiger partial charge in [-0.1, -0.05) is 15.9 Å². The van der Waals surface area contributed by atoms with E-state index in [1.165, 1.54) is 28.6 Å². The number of halogens is 1. The number of hydrogen-bond donors (Lipinski definition) is 1. The van der Waals surface area contributed by atoms with Gasteiger partial charge in [-0.3, -0.25) is 4.90 Å². The monoisotopic (exact) mass is 310 g/mol. The van der Waals surface area contributed by atoms with Gasteiger partial charge in [0.05, 0.1) is 6.61 Å². The molecule has 2 heterocycles. The van der Waals surface area contributed by atoms with Crippen molar-refractivity contribution in [3.8, 4) is 5.75 Å². The third kappa shape index (κ3) is 2.42. The molecule has 0 spiro atoms. The lowest BCUT2D eigenvalue weighted by molar-refractivity contribution is 0.307. The second-order valence-electron chi connectivity index (χ2n) is 5.16. The van der Waals surface area contributed by atoms with Crippen LogP contribution >= 0.6 is 15.9 Å². The molecule has 3 rings (SSSR count). The van der Waals surface area contributed by atoms with E-state index in [1.54, 1.807) is 0 Å². The third-order valence-electron chi connectivity index (χ3n) is 3.90. The van der Waals surface area contributed by atoms with Crippen LogP contribution in [0.1, 0.15) is 17.5 Å². The number of nitrogens with one attached hydrogen (secondary N) is 1. The van der Waals surface area contributed by atoms with E-state index in [9.17, 15) is 0 Å². The Labute approximate surface area is 117 Å². The largest absolute Gasteiger partial charge is 0.493 e. The van der Waals surface area contributed by atoms with Gasteiger partial charge in [0.1, 0.15) is 5.75 Å². The summed E-state index contributed by atoms with van der Waals surface area (Å²) in [5.74, 6) is 1.13. The summed E-state index contributed by atoms with van der Waals surface area (Å²) in [4.78, 5) is 2.50. The summed E-state index contributed by atoms with van der Waals surface area (Å²) in [6, 6.07) is 5.04. The van der Waals surface area contributed by atoms with Crippen molar-refractivity contribution in [3.05, 3.63) is 27.7 Å². The summed E-state index contributed by atoms with van der Waals surface area (Å²) in [5, 5.41) is 3.36. The molecule has 1 saturated heterocycles. The smallest absolute Gasteiger partial charge is 0.127 e. The van der Waals surface area contributed by atoms with Crippen molar-refractivity contribution < 1.29 is 4.74 Å². The summed E-state index contributed by atoms with van der Waals surface area (Å²) in [5.41, 5.74) is 2.68. The van der Waals surface area contributed by atoms with Gasteiger partial charge in [-0.05, 0) is 31.2 Å². The van der Waals surface area contributed by atoms with Crippen LogP contribution in [0.4, 0.5) is 0 Å². The summed E-state index contributed by atoms with van der Waals surface area (Å²) in [7, 11) is 2.05. The topological polar surface area (TPSA) is 24.5 Å². The zero-order chi connectivity index (χ0) is 12.5. The van der Waals surface area contributed by atoms with E-state index in [0.717, 1.165) is 31.9 Å². The molecular weight excluding hydrogens is 292 g/mol. The highest BCUT2D eigenvalue weighted by atomic mass is 79.9. The van der Waals surface area contributed by atoms with Crippen molar-refractivity contribution in [3.63, 3.8) is 0 Å². The molecule has 0 saturated carbocycles. The summed E-state index contributed by atoms with van der Waals surface area (Å²) < 4.78 is 6.96. The van der Waals surface area contributed by atoms with Crippen molar-refractivity contribution in [2.45, 2.75) is 25.4 Å². The van der Waals surface area contributed by atoms with Crippen LogP contribution in [0, 0.1) is 0 Å². The Balaban J connectivity index is 1.77. The van der Waals surface area contributed by atoms with Crippen molar-refractivity contribution in [1.82, 2.24) is 10.2 Å². The Hall–Kier alpha value is -0.580. The van der Waals surface area contributed by atoms with Gasteiger partial charge in [0.2, 0.25) is 0 Å². The van der Waals surface area contributed by atoms with Crippen molar-refractivity contribution in [2.75, 3.05) is 26.7 Å². The maximum Gasteiger partial charge on any atom is 0.127 e. The molecule has 2 aliphatic heterocycles. The molecule has 0 radical (unpaired) electrons. The Morgan fingerprint density at radius 3 is 3.17 bits per heavy atom. The van der Waals surface area contributed by atoms with E-state index in [2.05, 4.69) is 38.3 Å². The van der Waals surface area contributed by atoms with Crippen LogP contribution in [0.3, 0.4) is 0 Å². The second-order valence-corrected chi connectivity index (χ2v) is 6.08. The van der Waals surface area contributed by atoms with Crippen LogP contribution in [-0.2, 0) is 13.0 Å². The molecule has 1 atom stereocenters. The molecular formula is C14H19BrN2O. The minimum Gasteiger partial charge on any atom is -0.493 e. The second kappa shape index (κ2) is 5.19. The lowest BCUT2D eigenvalue weighted by atomic mass is 10.1. The summed E-state index contributed by atoms with van der Waals surface area (Å²) >= 11 is 3.60. The van der Waals surface area contributed by atoms with Gasteiger partial charge in [0.15, 0.2) is 0 Å². The van der Waals surface area contributed by atoms with E-state index in [0.29, 0.717) is 6.04 Å². The van der Waals surface area contributed by atoms with Gasteiger partial charge in [0, 0.05) is 42.1 Å². The number of ether oxygens (including phenoxy) is 1. The number of fused-ring (bicyclic) bond motifs is 1. The van der Waals surface area contributed by atoms with Crippen molar-refractivity contribution >= 4 is 15.9 Å². The molecule has 3 nitrogen and oxygen atoms in total. The first-order valence-electron chi connectivity index (χ1n) is 6.60. The normalized spacial score (nSPS) is 23.1. The van der Waals surface area contributed by atoms with E-state index < -0.39 is 0 Å². The Bertz CT molecular complexity index is 450. The molecule has 18 heavy (non-hydrogen) atoms. The minimum atomic E-state index is 0.645. The molecule has 1 aromatic rings. The first kappa shape index (κ1) is 12.5. The molecule has 0 amide bonds. The molecule has 0 aromatic heterocycles. The van der Waals surface area contributed by atoms with E-state index in [-0.39, 0.29) is 0 Å². The zero-order valence-corrected chi connectivity index (χ0v) is 12.3. The predicted octanol–water partition coefficient (Wildman–Crippen LogP) is 2.18. The fourth-order valence-corrected chi connectivity index (χ4v) is 3.47. The zero-order valence-electron chi connectivity index (χ0n) is 10.7. The molecule has 2 aliphatic rings. The number of likely N-dealkylation sites (N-methyl/N-ethyl adjacent to an activating group) is 1. The standard InChI is InChI=1S/C14H19BrN2O/c1-16-13-2-4-17(9-13)8-11-7-12(15)6-10-3-5-18-14(10)11/h6-7,13,16H,2-5,8-9H2,1H3. The van der Waals surface area contributed by atoms with Gasteiger partial charge < -0.3 is 10.1 Å². The number of benzene rings is 1. The highest BCUT2D eigenvalue weighted by molar-refractivity contribution is 9.10. The van der Waals surface area contributed by atoms with Gasteiger partial charge in [-0.2, -0.15) is 0 Å². The molecule has 0 aliphatic carbocycles. The number of likely N-dealkylation sites (tertiary alicyclic amines) is 1. The maximum atomic E-state index is 5.78. The number of rotatable bonds is 3. The van der Waals surface area contributed by atoms with Crippen LogP contribution in [0.25, 0.3) is 0 Å². The van der Waals surface area contributed by atoms with Crippen LogP contribution in [0.5, 0.6) is 5.75 Å². The van der Waals surface area contributed by atoms with E-state index in [1.807, 2.05) is 7.05 Å². The van der Waals surface area contributed by atoms with E-state index in [4.69, 9.17) is 4.74 Å². The third-order valence-corrected chi connectivity index (χ3v) is 4.36. The quantitative estimate of drug-likeness (QED) is 0.926. The van der Waals surface area contributed by atoms with Crippen LogP contribution in [0.2, 0.25) is 0 Å². The van der Waals surface area contributed by atoms with Gasteiger partial charge in [-0.15, -0.1) is 0 Å². The molecule has 1 unspecified atom stereocenters. The highest BCUT2D eigenvalue weighted by Crippen LogP contribution is 2.34. The van der Waals surface area contributed by atoms with E-state index >= 15 is 0 Å². The van der Waals surface area contributed by atoms with Crippen molar-refractivity contribution in [1.29, 1.82) is 0 Å². The number of hydrogen-bond acceptors (Lipinski definition) is 3. The minimum absolute atomic E-state index is 0.645. The molecule has 1 aromatic carbocycles. The lowest BCUT2D eigenvalue weighted by Crippen LogP contribution is -2.29. The summed E-state index contributed by atoms with van der Waals surface area (Å²) in [6.07, 6.45) is 2.29. The molecule has 4 heteroatoms. The fraction of sp³-hybridized carbons (Fsp3) is 0.571. The maximum absolute atomic E-state index is 5.78. The van der Waals surface area contributed by atoms with Crippen molar-refractivity contribution in [2.24, 2.45) is 0 Å². The Morgan fingerprint density at radius 1 is 1.50 bits per heavy atom. The Kier molecular flexibility index (Phi) is 3.59. The SMILES string of the molecule is CNC1CCN(Cc2cc(Br)cc3c2OCC3)C1.